The van der Waals surface area contributed by atoms with Crippen LogP contribution in [0.5, 0.6) is 11.5 Å². The van der Waals surface area contributed by atoms with Crippen LogP contribution in [0.25, 0.3) is 0 Å². The number of benzene rings is 2. The zero-order valence-electron chi connectivity index (χ0n) is 13.7. The number of rotatable bonds is 6. The number of hydrogen-bond donors (Lipinski definition) is 1. The van der Waals surface area contributed by atoms with Crippen LogP contribution in [-0.4, -0.2) is 18.6 Å². The van der Waals surface area contributed by atoms with Crippen molar-refractivity contribution in [2.75, 3.05) is 11.9 Å². The highest BCUT2D eigenvalue weighted by Gasteiger charge is 2.20. The molecule has 0 aromatic heterocycles. The van der Waals surface area contributed by atoms with Crippen LogP contribution in [0.1, 0.15) is 19.4 Å². The van der Waals surface area contributed by atoms with E-state index in [4.69, 9.17) is 14.7 Å². The lowest BCUT2D eigenvalue weighted by molar-refractivity contribution is -0.122. The molecule has 0 radical (unpaired) electrons. The van der Waals surface area contributed by atoms with E-state index in [9.17, 15) is 13.6 Å². The smallest absolute Gasteiger partial charge is 0.265 e. The summed E-state index contributed by atoms with van der Waals surface area (Å²) in [5.41, 5.74) is -0.158. The average molecular weight is 346 g/mol. The lowest BCUT2D eigenvalue weighted by Gasteiger charge is -2.17. The number of nitriles is 1. The normalized spacial score (nSPS) is 11.3. The molecule has 0 spiro atoms. The number of carbonyl (C=O) groups excluding carboxylic acids is 1. The van der Waals surface area contributed by atoms with Gasteiger partial charge in [0.15, 0.2) is 17.6 Å². The van der Waals surface area contributed by atoms with Gasteiger partial charge in [0.25, 0.3) is 5.91 Å². The van der Waals surface area contributed by atoms with Crippen molar-refractivity contribution < 1.29 is 23.0 Å². The predicted molar refractivity (Wildman–Crippen MR) is 87.4 cm³/mol. The molecule has 1 amide bonds. The van der Waals surface area contributed by atoms with E-state index >= 15 is 0 Å². The molecule has 7 heteroatoms. The van der Waals surface area contributed by atoms with E-state index in [0.717, 1.165) is 12.1 Å². The van der Waals surface area contributed by atoms with Gasteiger partial charge < -0.3 is 14.8 Å². The highest BCUT2D eigenvalue weighted by molar-refractivity contribution is 5.94. The fourth-order valence-corrected chi connectivity index (χ4v) is 2.03. The van der Waals surface area contributed by atoms with Gasteiger partial charge in [-0.05, 0) is 38.1 Å². The van der Waals surface area contributed by atoms with Crippen LogP contribution in [-0.2, 0) is 4.79 Å². The van der Waals surface area contributed by atoms with Crippen LogP contribution < -0.4 is 14.8 Å². The van der Waals surface area contributed by atoms with E-state index in [1.807, 2.05) is 6.07 Å². The average Bonchev–Trinajstić information content (AvgIpc) is 2.59. The number of halogens is 2. The maximum atomic E-state index is 13.6. The van der Waals surface area contributed by atoms with Crippen LogP contribution in [0.2, 0.25) is 0 Å². The lowest BCUT2D eigenvalue weighted by atomic mass is 10.2. The van der Waals surface area contributed by atoms with Crippen molar-refractivity contribution >= 4 is 11.6 Å². The molecule has 0 aliphatic rings. The van der Waals surface area contributed by atoms with Crippen molar-refractivity contribution in [3.63, 3.8) is 0 Å². The first-order valence-corrected chi connectivity index (χ1v) is 7.54. The van der Waals surface area contributed by atoms with Crippen molar-refractivity contribution in [1.29, 1.82) is 5.26 Å². The fourth-order valence-electron chi connectivity index (χ4n) is 2.03. The third kappa shape index (κ3) is 4.44. The summed E-state index contributed by atoms with van der Waals surface area (Å²) >= 11 is 0. The minimum atomic E-state index is -1.05. The maximum Gasteiger partial charge on any atom is 0.265 e. The second-order valence-electron chi connectivity index (χ2n) is 5.05. The molecular formula is C18H16F2N2O3. The first-order valence-electron chi connectivity index (χ1n) is 7.54. The number of ether oxygens (including phenoxy) is 2. The SMILES string of the molecule is CCOc1cc(C#N)ccc1O[C@@H](C)C(=O)Nc1c(F)cccc1F. The molecule has 1 atom stereocenters. The highest BCUT2D eigenvalue weighted by Crippen LogP contribution is 2.29. The Bertz CT molecular complexity index is 798. The summed E-state index contributed by atoms with van der Waals surface area (Å²) in [6.07, 6.45) is -1.05. The Labute approximate surface area is 143 Å². The van der Waals surface area contributed by atoms with Crippen LogP contribution >= 0.6 is 0 Å². The molecule has 0 heterocycles. The molecule has 0 fully saturated rings. The van der Waals surface area contributed by atoms with E-state index < -0.39 is 29.3 Å². The van der Waals surface area contributed by atoms with Gasteiger partial charge in [-0.25, -0.2) is 8.78 Å². The van der Waals surface area contributed by atoms with E-state index in [2.05, 4.69) is 5.32 Å². The molecule has 0 saturated carbocycles. The predicted octanol–water partition coefficient (Wildman–Crippen LogP) is 3.64. The summed E-state index contributed by atoms with van der Waals surface area (Å²) in [5, 5.41) is 11.1. The second kappa shape index (κ2) is 8.11. The Hall–Kier alpha value is -3.14. The zero-order chi connectivity index (χ0) is 18.4. The van der Waals surface area contributed by atoms with Gasteiger partial charge >= 0.3 is 0 Å². The Balaban J connectivity index is 2.15. The Kier molecular flexibility index (Phi) is 5.90. The topological polar surface area (TPSA) is 71.3 Å². The summed E-state index contributed by atoms with van der Waals surface area (Å²) in [4.78, 5) is 12.2. The van der Waals surface area contributed by atoms with Gasteiger partial charge in [0.05, 0.1) is 18.2 Å². The molecular weight excluding hydrogens is 330 g/mol. The van der Waals surface area contributed by atoms with E-state index in [1.165, 1.54) is 31.2 Å². The van der Waals surface area contributed by atoms with Crippen molar-refractivity contribution in [3.8, 4) is 17.6 Å². The van der Waals surface area contributed by atoms with Crippen LogP contribution in [0, 0.1) is 23.0 Å². The zero-order valence-corrected chi connectivity index (χ0v) is 13.7. The van der Waals surface area contributed by atoms with E-state index in [1.54, 1.807) is 6.92 Å². The minimum Gasteiger partial charge on any atom is -0.490 e. The van der Waals surface area contributed by atoms with Gasteiger partial charge in [0, 0.05) is 6.07 Å². The van der Waals surface area contributed by atoms with E-state index in [0.29, 0.717) is 17.9 Å². The van der Waals surface area contributed by atoms with Gasteiger partial charge in [0.1, 0.15) is 17.3 Å². The molecule has 0 unspecified atom stereocenters. The number of amides is 1. The molecule has 5 nitrogen and oxygen atoms in total. The number of nitrogens with zero attached hydrogens (tertiary/aromatic N) is 1. The molecule has 0 bridgehead atoms. The van der Waals surface area contributed by atoms with Gasteiger partial charge in [-0.2, -0.15) is 5.26 Å². The largest absolute Gasteiger partial charge is 0.490 e. The van der Waals surface area contributed by atoms with Gasteiger partial charge in [-0.1, -0.05) is 6.07 Å². The maximum absolute atomic E-state index is 13.6. The minimum absolute atomic E-state index is 0.248. The Morgan fingerprint density at radius 1 is 1.24 bits per heavy atom. The lowest BCUT2D eigenvalue weighted by Crippen LogP contribution is -2.31. The number of hydrogen-bond acceptors (Lipinski definition) is 4. The second-order valence-corrected chi connectivity index (χ2v) is 5.05. The summed E-state index contributed by atoms with van der Waals surface area (Å²) in [7, 11) is 0. The summed E-state index contributed by atoms with van der Waals surface area (Å²) in [6, 6.07) is 9.75. The standard InChI is InChI=1S/C18H16F2N2O3/c1-3-24-16-9-12(10-21)7-8-15(16)25-11(2)18(23)22-17-13(19)5-4-6-14(17)20/h4-9,11H,3H2,1-2H3,(H,22,23)/t11-/m0/s1. The number of para-hydroxylation sites is 1. The third-order valence-electron chi connectivity index (χ3n) is 3.26. The van der Waals surface area contributed by atoms with Crippen molar-refractivity contribution in [2.24, 2.45) is 0 Å². The van der Waals surface area contributed by atoms with Gasteiger partial charge in [-0.3, -0.25) is 4.79 Å². The molecule has 0 aliphatic carbocycles. The van der Waals surface area contributed by atoms with Crippen molar-refractivity contribution in [3.05, 3.63) is 53.6 Å². The van der Waals surface area contributed by atoms with Crippen LogP contribution in [0.4, 0.5) is 14.5 Å². The first kappa shape index (κ1) is 18.2. The fraction of sp³-hybridized carbons (Fsp3) is 0.222. The van der Waals surface area contributed by atoms with E-state index in [-0.39, 0.29) is 5.75 Å². The summed E-state index contributed by atoms with van der Waals surface area (Å²) < 4.78 is 38.1. The molecule has 2 rings (SSSR count). The molecule has 130 valence electrons. The van der Waals surface area contributed by atoms with Gasteiger partial charge in [0.2, 0.25) is 0 Å². The molecule has 2 aromatic rings. The summed E-state index contributed by atoms with van der Waals surface area (Å²) in [6.45, 7) is 3.54. The highest BCUT2D eigenvalue weighted by atomic mass is 19.1. The van der Waals surface area contributed by atoms with Crippen molar-refractivity contribution in [1.82, 2.24) is 0 Å². The Morgan fingerprint density at radius 3 is 2.52 bits per heavy atom. The van der Waals surface area contributed by atoms with Crippen LogP contribution in [0.15, 0.2) is 36.4 Å². The number of carbonyl (C=O) groups is 1. The summed E-state index contributed by atoms with van der Waals surface area (Å²) in [5.74, 6) is -1.94. The third-order valence-corrected chi connectivity index (χ3v) is 3.26. The molecule has 2 aromatic carbocycles. The van der Waals surface area contributed by atoms with Gasteiger partial charge in [-0.15, -0.1) is 0 Å². The molecule has 1 N–H and O–H groups in total. The molecule has 0 aliphatic heterocycles. The molecule has 0 saturated heterocycles. The molecule has 25 heavy (non-hydrogen) atoms. The van der Waals surface area contributed by atoms with Crippen LogP contribution in [0.3, 0.4) is 0 Å². The quantitative estimate of drug-likeness (QED) is 0.867. The first-order chi connectivity index (χ1) is 12.0. The number of nitrogens with one attached hydrogen (secondary N) is 1. The number of anilines is 1. The van der Waals surface area contributed by atoms with Crippen molar-refractivity contribution in [2.45, 2.75) is 20.0 Å². The monoisotopic (exact) mass is 346 g/mol. The Morgan fingerprint density at radius 2 is 1.92 bits per heavy atom.